The molecule has 3 N–H and O–H groups in total. The van der Waals surface area contributed by atoms with Gasteiger partial charge in [0.25, 0.3) is 0 Å². The van der Waals surface area contributed by atoms with Crippen LogP contribution in [-0.2, 0) is 14.3 Å². The number of amides is 2. The Hall–Kier alpha value is -2.18. The van der Waals surface area contributed by atoms with Crippen LogP contribution in [0.3, 0.4) is 0 Å². The smallest absolute Gasteiger partial charge is 0.246 e. The van der Waals surface area contributed by atoms with Crippen molar-refractivity contribution in [1.82, 2.24) is 10.6 Å². The van der Waals surface area contributed by atoms with E-state index in [4.69, 9.17) is 4.74 Å². The molecule has 2 atom stereocenters. The monoisotopic (exact) mass is 345 g/mol. The quantitative estimate of drug-likeness (QED) is 0.768. The minimum atomic E-state index is -0.572. The highest BCUT2D eigenvalue weighted by atomic mass is 16.5. The van der Waals surface area contributed by atoms with Crippen LogP contribution < -0.4 is 16.0 Å². The van der Waals surface area contributed by atoms with Gasteiger partial charge in [-0.15, -0.1) is 0 Å². The molecular formula is C19H27N3O3. The number of hydrogen-bond donors (Lipinski definition) is 3. The van der Waals surface area contributed by atoms with E-state index < -0.39 is 6.04 Å². The summed E-state index contributed by atoms with van der Waals surface area (Å²) in [5.41, 5.74) is 1.70. The molecule has 0 spiro atoms. The summed E-state index contributed by atoms with van der Waals surface area (Å²) in [5.74, 6) is -0.430. The molecule has 2 amide bonds. The minimum Gasteiger partial charge on any atom is -0.367 e. The number of nitrogens with one attached hydrogen (secondary N) is 3. The van der Waals surface area contributed by atoms with E-state index in [2.05, 4.69) is 22.0 Å². The Morgan fingerprint density at radius 1 is 1.24 bits per heavy atom. The average Bonchev–Trinajstić information content (AvgIpc) is 2.62. The minimum absolute atomic E-state index is 0.120. The number of benzene rings is 1. The van der Waals surface area contributed by atoms with Crippen molar-refractivity contribution >= 4 is 23.6 Å². The molecule has 1 aromatic carbocycles. The van der Waals surface area contributed by atoms with Crippen molar-refractivity contribution in [2.24, 2.45) is 0 Å². The molecule has 25 heavy (non-hydrogen) atoms. The van der Waals surface area contributed by atoms with Crippen LogP contribution in [-0.4, -0.2) is 37.7 Å². The number of carbonyl (C=O) groups is 2. The molecule has 0 radical (unpaired) electrons. The van der Waals surface area contributed by atoms with Crippen LogP contribution in [0.25, 0.3) is 6.08 Å². The van der Waals surface area contributed by atoms with Crippen molar-refractivity contribution in [3.05, 3.63) is 35.9 Å². The van der Waals surface area contributed by atoms with Gasteiger partial charge in [0.05, 0.1) is 6.54 Å². The fraction of sp³-hybridized carbons (Fsp3) is 0.474. The summed E-state index contributed by atoms with van der Waals surface area (Å²) in [6, 6.07) is 7.08. The van der Waals surface area contributed by atoms with Crippen LogP contribution in [0.2, 0.25) is 0 Å². The molecule has 0 saturated carbocycles. The zero-order valence-electron chi connectivity index (χ0n) is 14.9. The molecule has 2 unspecified atom stereocenters. The third kappa shape index (κ3) is 5.99. The van der Waals surface area contributed by atoms with Gasteiger partial charge in [-0.1, -0.05) is 37.3 Å². The molecule has 136 valence electrons. The predicted octanol–water partition coefficient (Wildman–Crippen LogP) is 2.28. The normalized spacial score (nSPS) is 23.0. The summed E-state index contributed by atoms with van der Waals surface area (Å²) in [5, 5.41) is 8.77. The Kier molecular flexibility index (Phi) is 7.63. The topological polar surface area (TPSA) is 79.5 Å². The maximum absolute atomic E-state index is 12.5. The summed E-state index contributed by atoms with van der Waals surface area (Å²) >= 11 is 0. The Balaban J connectivity index is 2.20. The van der Waals surface area contributed by atoms with E-state index in [0.29, 0.717) is 6.42 Å². The number of ether oxygens (including phenoxy) is 1. The van der Waals surface area contributed by atoms with Crippen LogP contribution in [0.4, 0.5) is 5.69 Å². The number of methoxy groups -OCH3 is 1. The molecule has 1 aromatic rings. The zero-order chi connectivity index (χ0) is 18.1. The van der Waals surface area contributed by atoms with Crippen molar-refractivity contribution in [3.63, 3.8) is 0 Å². The highest BCUT2D eigenvalue weighted by Gasteiger charge is 2.20. The number of hydrogen-bond acceptors (Lipinski definition) is 4. The second-order valence-electron chi connectivity index (χ2n) is 6.04. The molecule has 2 rings (SSSR count). The van der Waals surface area contributed by atoms with E-state index in [1.54, 1.807) is 7.11 Å². The molecule has 1 heterocycles. The van der Waals surface area contributed by atoms with Gasteiger partial charge in [0.2, 0.25) is 11.8 Å². The highest BCUT2D eigenvalue weighted by molar-refractivity contribution is 5.98. The van der Waals surface area contributed by atoms with Gasteiger partial charge in [-0.3, -0.25) is 14.9 Å². The Morgan fingerprint density at radius 2 is 2.04 bits per heavy atom. The Bertz CT molecular complexity index is 616. The van der Waals surface area contributed by atoms with Gasteiger partial charge < -0.3 is 15.4 Å². The fourth-order valence-electron chi connectivity index (χ4n) is 2.72. The lowest BCUT2D eigenvalue weighted by molar-refractivity contribution is -0.126. The lowest BCUT2D eigenvalue weighted by Crippen LogP contribution is -2.48. The fourth-order valence-corrected chi connectivity index (χ4v) is 2.72. The third-order valence-corrected chi connectivity index (χ3v) is 4.19. The van der Waals surface area contributed by atoms with Crippen molar-refractivity contribution < 1.29 is 14.3 Å². The first kappa shape index (κ1) is 19.1. The van der Waals surface area contributed by atoms with E-state index in [1.165, 1.54) is 0 Å². The summed E-state index contributed by atoms with van der Waals surface area (Å²) in [6.45, 7) is 1.99. The first-order chi connectivity index (χ1) is 12.1. The van der Waals surface area contributed by atoms with Crippen molar-refractivity contribution in [2.75, 3.05) is 19.0 Å². The van der Waals surface area contributed by atoms with Crippen LogP contribution in [0, 0.1) is 0 Å². The molecule has 0 aliphatic carbocycles. The number of carbonyl (C=O) groups excluding carboxylic acids is 2. The van der Waals surface area contributed by atoms with Crippen LogP contribution in [0.15, 0.2) is 30.3 Å². The highest BCUT2D eigenvalue weighted by Crippen LogP contribution is 2.18. The first-order valence-corrected chi connectivity index (χ1v) is 8.76. The predicted molar refractivity (Wildman–Crippen MR) is 99.0 cm³/mol. The van der Waals surface area contributed by atoms with Gasteiger partial charge in [-0.05, 0) is 37.3 Å². The molecule has 6 nitrogen and oxygen atoms in total. The first-order valence-electron chi connectivity index (χ1n) is 8.76. The second kappa shape index (κ2) is 9.96. The number of rotatable bonds is 2. The van der Waals surface area contributed by atoms with Gasteiger partial charge in [0.15, 0.2) is 0 Å². The molecule has 0 saturated heterocycles. The van der Waals surface area contributed by atoms with Gasteiger partial charge in [-0.25, -0.2) is 0 Å². The zero-order valence-corrected chi connectivity index (χ0v) is 14.9. The van der Waals surface area contributed by atoms with Crippen LogP contribution in [0.5, 0.6) is 0 Å². The lowest BCUT2D eigenvalue weighted by atomic mass is 10.1. The average molecular weight is 345 g/mol. The summed E-state index contributed by atoms with van der Waals surface area (Å²) in [7, 11) is 1.62. The van der Waals surface area contributed by atoms with E-state index in [0.717, 1.165) is 30.5 Å². The van der Waals surface area contributed by atoms with Crippen LogP contribution in [0.1, 0.15) is 38.2 Å². The summed E-state index contributed by atoms with van der Waals surface area (Å²) in [4.78, 5) is 24.6. The van der Waals surface area contributed by atoms with E-state index in [1.807, 2.05) is 37.3 Å². The van der Waals surface area contributed by atoms with E-state index in [-0.39, 0.29) is 24.6 Å². The van der Waals surface area contributed by atoms with Crippen molar-refractivity contribution in [3.8, 4) is 0 Å². The molecule has 0 aromatic heterocycles. The molecule has 0 fully saturated rings. The molecule has 1 aliphatic heterocycles. The Labute approximate surface area is 149 Å². The van der Waals surface area contributed by atoms with Gasteiger partial charge in [-0.2, -0.15) is 0 Å². The molecule has 6 heteroatoms. The third-order valence-electron chi connectivity index (χ3n) is 4.19. The van der Waals surface area contributed by atoms with Gasteiger partial charge in [0.1, 0.15) is 12.3 Å². The lowest BCUT2D eigenvalue weighted by Gasteiger charge is -2.19. The maximum Gasteiger partial charge on any atom is 0.246 e. The SMILES string of the molecule is CCC1NC(=O)CNC(OC)CCCC=Cc2ccccc2NC1=O. The number of fused-ring (bicyclic) bond motifs is 1. The summed E-state index contributed by atoms with van der Waals surface area (Å²) < 4.78 is 5.36. The van der Waals surface area contributed by atoms with Crippen LogP contribution >= 0.6 is 0 Å². The van der Waals surface area contributed by atoms with E-state index in [9.17, 15) is 9.59 Å². The molecule has 0 bridgehead atoms. The van der Waals surface area contributed by atoms with Gasteiger partial charge >= 0.3 is 0 Å². The second-order valence-corrected chi connectivity index (χ2v) is 6.04. The van der Waals surface area contributed by atoms with Crippen molar-refractivity contribution in [1.29, 1.82) is 0 Å². The Morgan fingerprint density at radius 3 is 2.80 bits per heavy atom. The number of allylic oxidation sites excluding steroid dienone is 1. The summed E-state index contributed by atoms with van der Waals surface area (Å²) in [6.07, 6.45) is 7.10. The number of para-hydroxylation sites is 1. The maximum atomic E-state index is 12.5. The standard InChI is InChI=1S/C19H27N3O3/c1-3-15-19(24)22-16-11-8-7-10-14(16)9-5-4-6-12-18(25-2)20-13-17(23)21-15/h5,7-11,15,18,20H,3-4,6,12-13H2,1-2H3,(H,21,23)(H,22,24). The molecule has 1 aliphatic rings. The van der Waals surface area contributed by atoms with Crippen molar-refractivity contribution in [2.45, 2.75) is 44.9 Å². The number of anilines is 1. The molecular weight excluding hydrogens is 318 g/mol. The largest absolute Gasteiger partial charge is 0.367 e. The van der Waals surface area contributed by atoms with Gasteiger partial charge in [0, 0.05) is 12.8 Å². The van der Waals surface area contributed by atoms with E-state index >= 15 is 0 Å².